The van der Waals surface area contributed by atoms with Crippen LogP contribution in [-0.4, -0.2) is 28.3 Å². The monoisotopic (exact) mass is 396 g/mol. The Balaban J connectivity index is 1.17. The number of carbonyl (C=O) groups is 2. The number of Topliss-reactive ketones (excluding diaryl/α,β-unsaturated/α-hetero) is 1. The molecule has 0 amide bonds. The second-order valence-electron chi connectivity index (χ2n) is 8.84. The molecule has 2 heterocycles. The Bertz CT molecular complexity index is 857. The van der Waals surface area contributed by atoms with E-state index >= 15 is 0 Å². The van der Waals surface area contributed by atoms with Gasteiger partial charge in [0.25, 0.3) is 0 Å². The molecule has 5 nitrogen and oxygen atoms in total. The normalized spacial score (nSPS) is 30.4. The topological polar surface area (TPSA) is 69.2 Å². The molecule has 0 saturated heterocycles. The van der Waals surface area contributed by atoms with E-state index < -0.39 is 0 Å². The summed E-state index contributed by atoms with van der Waals surface area (Å²) in [5.41, 5.74) is 1.41. The first-order chi connectivity index (χ1) is 13.6. The summed E-state index contributed by atoms with van der Waals surface area (Å²) in [4.78, 5) is 33.8. The van der Waals surface area contributed by atoms with Gasteiger partial charge in [0.1, 0.15) is 5.01 Å². The summed E-state index contributed by atoms with van der Waals surface area (Å²) in [6.45, 7) is -0.0788. The lowest BCUT2D eigenvalue weighted by Crippen LogP contribution is -2.51. The van der Waals surface area contributed by atoms with Gasteiger partial charge in [0.2, 0.25) is 0 Å². The van der Waals surface area contributed by atoms with Crippen LogP contribution in [0.3, 0.4) is 0 Å². The van der Waals surface area contributed by atoms with E-state index in [0.29, 0.717) is 23.4 Å². The van der Waals surface area contributed by atoms with E-state index in [9.17, 15) is 9.59 Å². The predicted molar refractivity (Wildman–Crippen MR) is 106 cm³/mol. The van der Waals surface area contributed by atoms with Crippen molar-refractivity contribution < 1.29 is 14.3 Å². The van der Waals surface area contributed by atoms with Gasteiger partial charge in [0.05, 0.1) is 12.1 Å². The van der Waals surface area contributed by atoms with Gasteiger partial charge in [-0.2, -0.15) is 0 Å². The van der Waals surface area contributed by atoms with E-state index in [1.807, 2.05) is 17.5 Å². The number of ketones is 1. The van der Waals surface area contributed by atoms with Gasteiger partial charge in [0.15, 0.2) is 12.4 Å². The second-order valence-corrected chi connectivity index (χ2v) is 9.70. The molecule has 146 valence electrons. The van der Waals surface area contributed by atoms with Crippen molar-refractivity contribution in [3.8, 4) is 10.6 Å². The van der Waals surface area contributed by atoms with E-state index in [1.165, 1.54) is 30.6 Å². The Hall–Kier alpha value is -2.08. The lowest BCUT2D eigenvalue weighted by atomic mass is 9.48. The highest BCUT2D eigenvalue weighted by Gasteiger charge is 2.54. The molecule has 6 rings (SSSR count). The summed E-state index contributed by atoms with van der Waals surface area (Å²) in [6.07, 6.45) is 10.5. The third-order valence-electron chi connectivity index (χ3n) is 6.78. The van der Waals surface area contributed by atoms with Gasteiger partial charge >= 0.3 is 5.97 Å². The van der Waals surface area contributed by atoms with Crippen LogP contribution in [-0.2, 0) is 20.7 Å². The summed E-state index contributed by atoms with van der Waals surface area (Å²) >= 11 is 1.48. The van der Waals surface area contributed by atoms with Crippen molar-refractivity contribution in [1.29, 1.82) is 0 Å². The lowest BCUT2D eigenvalue weighted by molar-refractivity contribution is -0.157. The van der Waals surface area contributed by atoms with Gasteiger partial charge in [-0.25, -0.2) is 4.98 Å². The average molecular weight is 397 g/mol. The van der Waals surface area contributed by atoms with Gasteiger partial charge in [-0.15, -0.1) is 11.3 Å². The highest BCUT2D eigenvalue weighted by atomic mass is 32.1. The van der Waals surface area contributed by atoms with E-state index in [0.717, 1.165) is 29.8 Å². The van der Waals surface area contributed by atoms with Crippen molar-refractivity contribution in [2.24, 2.45) is 23.2 Å². The van der Waals surface area contributed by atoms with Crippen LogP contribution in [0.15, 0.2) is 29.9 Å². The molecule has 4 aliphatic rings. The molecule has 6 heteroatoms. The van der Waals surface area contributed by atoms with Crippen LogP contribution in [0.25, 0.3) is 10.6 Å². The average Bonchev–Trinajstić information content (AvgIpc) is 3.14. The zero-order chi connectivity index (χ0) is 19.1. The number of ether oxygens (including phenoxy) is 1. The SMILES string of the molecule is O=C(Cc1csc(-c2cccnc2)n1)OCC(=O)C12CC3CC(CC(C3)C1)C2. The van der Waals surface area contributed by atoms with Crippen LogP contribution in [0.5, 0.6) is 0 Å². The molecule has 0 atom stereocenters. The maximum absolute atomic E-state index is 12.9. The van der Waals surface area contributed by atoms with Crippen molar-refractivity contribution in [2.45, 2.75) is 44.9 Å². The zero-order valence-corrected chi connectivity index (χ0v) is 16.6. The minimum absolute atomic E-state index is 0.0788. The van der Waals surface area contributed by atoms with Gasteiger partial charge < -0.3 is 4.74 Å². The molecule has 0 radical (unpaired) electrons. The lowest BCUT2D eigenvalue weighted by Gasteiger charge is -2.55. The molecule has 4 saturated carbocycles. The Morgan fingerprint density at radius 1 is 1.14 bits per heavy atom. The molecule has 0 aliphatic heterocycles. The number of hydrogen-bond acceptors (Lipinski definition) is 6. The second kappa shape index (κ2) is 7.07. The maximum Gasteiger partial charge on any atom is 0.312 e. The molecule has 0 unspecified atom stereocenters. The largest absolute Gasteiger partial charge is 0.457 e. The first-order valence-corrected chi connectivity index (χ1v) is 11.0. The molecule has 0 spiro atoms. The van der Waals surface area contributed by atoms with Crippen molar-refractivity contribution >= 4 is 23.1 Å². The first-order valence-electron chi connectivity index (χ1n) is 10.1. The number of hydrogen-bond donors (Lipinski definition) is 0. The number of nitrogens with zero attached hydrogens (tertiary/aromatic N) is 2. The summed E-state index contributed by atoms with van der Waals surface area (Å²) in [7, 11) is 0. The van der Waals surface area contributed by atoms with Crippen LogP contribution in [0, 0.1) is 23.2 Å². The summed E-state index contributed by atoms with van der Waals surface area (Å²) in [5.74, 6) is 1.92. The number of esters is 1. The molecule has 4 aliphatic carbocycles. The van der Waals surface area contributed by atoms with E-state index in [2.05, 4.69) is 9.97 Å². The highest BCUT2D eigenvalue weighted by Crippen LogP contribution is 2.60. The molecule has 2 aromatic heterocycles. The van der Waals surface area contributed by atoms with Crippen LogP contribution >= 0.6 is 11.3 Å². The first kappa shape index (κ1) is 18.0. The minimum Gasteiger partial charge on any atom is -0.457 e. The number of rotatable bonds is 6. The fourth-order valence-corrected chi connectivity index (χ4v) is 6.77. The number of carbonyl (C=O) groups excluding carboxylic acids is 2. The summed E-state index contributed by atoms with van der Waals surface area (Å²) in [5, 5.41) is 2.70. The standard InChI is InChI=1S/C22H24N2O3S/c25-19(22-8-14-4-15(9-22)6-16(5-14)10-22)12-27-20(26)7-18-13-28-21(24-18)17-2-1-3-23-11-17/h1-3,11,13-16H,4-10,12H2. The van der Waals surface area contributed by atoms with E-state index in [-0.39, 0.29) is 30.2 Å². The van der Waals surface area contributed by atoms with E-state index in [4.69, 9.17) is 4.74 Å². The Labute approximate surface area is 168 Å². The molecule has 4 fully saturated rings. The van der Waals surface area contributed by atoms with Crippen molar-refractivity contribution in [3.05, 3.63) is 35.6 Å². The van der Waals surface area contributed by atoms with Gasteiger partial charge in [0, 0.05) is 28.8 Å². The Morgan fingerprint density at radius 3 is 2.50 bits per heavy atom. The number of pyridine rings is 1. The molecule has 4 bridgehead atoms. The zero-order valence-electron chi connectivity index (χ0n) is 15.8. The predicted octanol–water partition coefficient (Wildman–Crippen LogP) is 4.08. The third kappa shape index (κ3) is 3.39. The molecular formula is C22H24N2O3S. The third-order valence-corrected chi connectivity index (χ3v) is 7.72. The molecule has 2 aromatic rings. The van der Waals surface area contributed by atoms with Gasteiger partial charge in [-0.1, -0.05) is 0 Å². The van der Waals surface area contributed by atoms with Gasteiger partial charge in [-0.05, 0) is 68.4 Å². The fraction of sp³-hybridized carbons (Fsp3) is 0.545. The molecular weight excluding hydrogens is 372 g/mol. The summed E-state index contributed by atoms with van der Waals surface area (Å²) < 4.78 is 5.38. The quantitative estimate of drug-likeness (QED) is 0.688. The van der Waals surface area contributed by atoms with Crippen LogP contribution in [0.1, 0.15) is 44.2 Å². The van der Waals surface area contributed by atoms with E-state index in [1.54, 1.807) is 12.4 Å². The summed E-state index contributed by atoms with van der Waals surface area (Å²) in [6, 6.07) is 3.80. The minimum atomic E-state index is -0.374. The van der Waals surface area contributed by atoms with Crippen molar-refractivity contribution in [2.75, 3.05) is 6.61 Å². The highest BCUT2D eigenvalue weighted by molar-refractivity contribution is 7.13. The van der Waals surface area contributed by atoms with Crippen molar-refractivity contribution in [1.82, 2.24) is 9.97 Å². The van der Waals surface area contributed by atoms with Gasteiger partial charge in [-0.3, -0.25) is 14.6 Å². The molecule has 0 aromatic carbocycles. The van der Waals surface area contributed by atoms with Crippen LogP contribution in [0.2, 0.25) is 0 Å². The molecule has 28 heavy (non-hydrogen) atoms. The van der Waals surface area contributed by atoms with Crippen LogP contribution < -0.4 is 0 Å². The Morgan fingerprint density at radius 2 is 1.86 bits per heavy atom. The number of aromatic nitrogens is 2. The van der Waals surface area contributed by atoms with Crippen molar-refractivity contribution in [3.63, 3.8) is 0 Å². The number of thiazole rings is 1. The smallest absolute Gasteiger partial charge is 0.312 e. The Kier molecular flexibility index (Phi) is 4.54. The molecule has 0 N–H and O–H groups in total. The fourth-order valence-electron chi connectivity index (χ4n) is 5.96. The maximum atomic E-state index is 12.9. The van der Waals surface area contributed by atoms with Crippen LogP contribution in [0.4, 0.5) is 0 Å².